The van der Waals surface area contributed by atoms with Crippen LogP contribution in [0, 0.1) is 0 Å². The van der Waals surface area contributed by atoms with Crippen LogP contribution in [0.3, 0.4) is 0 Å². The van der Waals surface area contributed by atoms with Gasteiger partial charge in [-0.1, -0.05) is 22.5 Å². The molecule has 0 saturated carbocycles. The Morgan fingerprint density at radius 2 is 2.11 bits per heavy atom. The molecule has 0 radical (unpaired) electrons. The van der Waals surface area contributed by atoms with Crippen LogP contribution >= 0.6 is 12.0 Å². The zero-order valence-electron chi connectivity index (χ0n) is 14.9. The van der Waals surface area contributed by atoms with Crippen molar-refractivity contribution in [3.63, 3.8) is 0 Å². The van der Waals surface area contributed by atoms with Crippen LogP contribution in [0.5, 0.6) is 0 Å². The summed E-state index contributed by atoms with van der Waals surface area (Å²) in [5.74, 6) is -0.431. The molecule has 142 valence electrons. The normalized spacial score (nSPS) is 10.9. The number of aromatic amines is 1. The molecule has 0 aliphatic rings. The topological polar surface area (TPSA) is 91.3 Å². The lowest BCUT2D eigenvalue weighted by atomic mass is 10.1. The van der Waals surface area contributed by atoms with Crippen molar-refractivity contribution in [2.45, 2.75) is 11.8 Å². The van der Waals surface area contributed by atoms with E-state index in [2.05, 4.69) is 15.2 Å². The van der Waals surface area contributed by atoms with Gasteiger partial charge < -0.3 is 4.74 Å². The number of fused-ring (bicyclic) bond motifs is 1. The number of benzene rings is 1. The third-order valence-electron chi connectivity index (χ3n) is 3.92. The lowest BCUT2D eigenvalue weighted by molar-refractivity contribution is -0.188. The second-order valence-electron chi connectivity index (χ2n) is 5.71. The molecular formula is C19H16N4O4S. The van der Waals surface area contributed by atoms with Crippen LogP contribution in [-0.2, 0) is 9.07 Å². The largest absolute Gasteiger partial charge is 0.462 e. The molecule has 0 aliphatic heterocycles. The van der Waals surface area contributed by atoms with Gasteiger partial charge in [0.1, 0.15) is 0 Å². The maximum atomic E-state index is 12.1. The summed E-state index contributed by atoms with van der Waals surface area (Å²) in [6.45, 7) is 2.05. The molecule has 28 heavy (non-hydrogen) atoms. The highest BCUT2D eigenvalue weighted by atomic mass is 32.2. The lowest BCUT2D eigenvalue weighted by Gasteiger charge is -2.05. The third-order valence-corrected chi connectivity index (χ3v) is 4.51. The number of ether oxygens (including phenoxy) is 1. The van der Waals surface area contributed by atoms with Gasteiger partial charge in [-0.3, -0.25) is 5.10 Å². The Morgan fingerprint density at radius 3 is 2.86 bits per heavy atom. The summed E-state index contributed by atoms with van der Waals surface area (Å²) in [5.41, 5.74) is 2.47. The van der Waals surface area contributed by atoms with Gasteiger partial charge in [-0.25, -0.2) is 14.8 Å². The van der Waals surface area contributed by atoms with Gasteiger partial charge >= 0.3 is 5.97 Å². The van der Waals surface area contributed by atoms with E-state index in [0.29, 0.717) is 23.2 Å². The average Bonchev–Trinajstić information content (AvgIpc) is 3.37. The van der Waals surface area contributed by atoms with Crippen molar-refractivity contribution in [1.82, 2.24) is 19.9 Å². The van der Waals surface area contributed by atoms with Crippen molar-refractivity contribution < 1.29 is 18.9 Å². The molecule has 4 rings (SSSR count). The maximum absolute atomic E-state index is 12.1. The van der Waals surface area contributed by atoms with E-state index >= 15 is 0 Å². The van der Waals surface area contributed by atoms with Crippen molar-refractivity contribution >= 4 is 29.0 Å². The minimum atomic E-state index is -0.431. The number of esters is 1. The van der Waals surface area contributed by atoms with Gasteiger partial charge in [0, 0.05) is 33.8 Å². The number of nitrogens with zero attached hydrogens (tertiary/aromatic N) is 3. The lowest BCUT2D eigenvalue weighted by Crippen LogP contribution is -2.09. The van der Waals surface area contributed by atoms with E-state index < -0.39 is 5.97 Å². The molecule has 0 fully saturated rings. The molecule has 8 nitrogen and oxygen atoms in total. The van der Waals surface area contributed by atoms with Crippen molar-refractivity contribution in [3.8, 4) is 11.1 Å². The van der Waals surface area contributed by atoms with Gasteiger partial charge in [0.05, 0.1) is 36.6 Å². The summed E-state index contributed by atoms with van der Waals surface area (Å²) >= 11 is 1.08. The van der Waals surface area contributed by atoms with E-state index in [0.717, 1.165) is 28.1 Å². The molecule has 0 saturated heterocycles. The first-order chi connectivity index (χ1) is 13.8. The standard InChI is InChI=1S/C19H16N4O4S/c1-2-25-19(24)13-8-16-17(14-10-21-22-11-14)12-23(18(16)20-9-13)26-27-28-15-6-4-3-5-7-15/h3-12H,2H2,1H3,(H,21,22). The van der Waals surface area contributed by atoms with Gasteiger partial charge in [-0.05, 0) is 25.1 Å². The zero-order chi connectivity index (χ0) is 19.3. The zero-order valence-corrected chi connectivity index (χ0v) is 15.7. The predicted octanol–water partition coefficient (Wildman–Crippen LogP) is 3.67. The Balaban J connectivity index is 1.65. The number of aromatic nitrogens is 4. The summed E-state index contributed by atoms with van der Waals surface area (Å²) in [6.07, 6.45) is 6.60. The molecule has 0 aliphatic carbocycles. The monoisotopic (exact) mass is 396 g/mol. The summed E-state index contributed by atoms with van der Waals surface area (Å²) in [5, 5.41) is 7.47. The SMILES string of the molecule is CCOC(=O)c1cnc2c(c1)c(-c1cn[nH]c1)cn2OOSc1ccccc1. The summed E-state index contributed by atoms with van der Waals surface area (Å²) < 4.78 is 11.8. The van der Waals surface area contributed by atoms with Gasteiger partial charge in [0.2, 0.25) is 0 Å². The fraction of sp³-hybridized carbons (Fsp3) is 0.105. The summed E-state index contributed by atoms with van der Waals surface area (Å²) in [7, 11) is 0. The van der Waals surface area contributed by atoms with E-state index in [-0.39, 0.29) is 0 Å². The van der Waals surface area contributed by atoms with Gasteiger partial charge in [0.15, 0.2) is 5.65 Å². The van der Waals surface area contributed by atoms with Crippen molar-refractivity contribution in [3.05, 3.63) is 66.7 Å². The van der Waals surface area contributed by atoms with Crippen molar-refractivity contribution in [1.29, 1.82) is 0 Å². The number of hydrogen-bond acceptors (Lipinski definition) is 7. The van der Waals surface area contributed by atoms with Crippen LogP contribution < -0.4 is 4.99 Å². The fourth-order valence-electron chi connectivity index (χ4n) is 2.65. The quantitative estimate of drug-likeness (QED) is 0.221. The Kier molecular flexibility index (Phi) is 5.27. The molecule has 3 heterocycles. The Hall–Kier alpha value is -3.30. The highest BCUT2D eigenvalue weighted by molar-refractivity contribution is 7.94. The van der Waals surface area contributed by atoms with Crippen LogP contribution in [0.4, 0.5) is 0 Å². The number of hydrogen-bond donors (Lipinski definition) is 1. The molecule has 1 N–H and O–H groups in total. The first kappa shape index (κ1) is 18.1. The van der Waals surface area contributed by atoms with Crippen LogP contribution in [-0.4, -0.2) is 32.5 Å². The maximum Gasteiger partial charge on any atom is 0.339 e. The summed E-state index contributed by atoms with van der Waals surface area (Å²) in [4.78, 5) is 22.7. The molecular weight excluding hydrogens is 380 g/mol. The molecule has 3 aromatic heterocycles. The molecule has 0 bridgehead atoms. The number of rotatable bonds is 7. The minimum Gasteiger partial charge on any atom is -0.462 e. The molecule has 9 heteroatoms. The van der Waals surface area contributed by atoms with Gasteiger partial charge in [0.25, 0.3) is 0 Å². The molecule has 0 atom stereocenters. The molecule has 0 spiro atoms. The summed E-state index contributed by atoms with van der Waals surface area (Å²) in [6, 6.07) is 11.3. The number of carbonyl (C=O) groups excluding carboxylic acids is 1. The van der Waals surface area contributed by atoms with Crippen LogP contribution in [0.1, 0.15) is 17.3 Å². The second-order valence-corrected chi connectivity index (χ2v) is 6.48. The second kappa shape index (κ2) is 8.15. The van der Waals surface area contributed by atoms with Crippen molar-refractivity contribution in [2.75, 3.05) is 6.61 Å². The average molecular weight is 396 g/mol. The van der Waals surface area contributed by atoms with Crippen molar-refractivity contribution in [2.24, 2.45) is 0 Å². The fourth-order valence-corrected chi connectivity index (χ4v) is 3.10. The molecule has 1 aromatic carbocycles. The van der Waals surface area contributed by atoms with Gasteiger partial charge in [-0.15, -0.1) is 4.73 Å². The van der Waals surface area contributed by atoms with E-state index in [1.54, 1.807) is 31.6 Å². The minimum absolute atomic E-state index is 0.292. The van der Waals surface area contributed by atoms with E-state index in [1.807, 2.05) is 30.3 Å². The van der Waals surface area contributed by atoms with E-state index in [1.165, 1.54) is 10.9 Å². The van der Waals surface area contributed by atoms with Crippen LogP contribution in [0.15, 0.2) is 66.1 Å². The number of carbonyl (C=O) groups is 1. The predicted molar refractivity (Wildman–Crippen MR) is 103 cm³/mol. The third kappa shape index (κ3) is 3.71. The Labute approximate surface area is 164 Å². The smallest absolute Gasteiger partial charge is 0.339 e. The number of H-pyrrole nitrogens is 1. The van der Waals surface area contributed by atoms with Crippen LogP contribution in [0.2, 0.25) is 0 Å². The first-order valence-corrected chi connectivity index (χ1v) is 9.24. The van der Waals surface area contributed by atoms with E-state index in [9.17, 15) is 4.79 Å². The molecule has 4 aromatic rings. The van der Waals surface area contributed by atoms with Gasteiger partial charge in [-0.2, -0.15) is 5.10 Å². The highest BCUT2D eigenvalue weighted by Crippen LogP contribution is 2.30. The van der Waals surface area contributed by atoms with Crippen LogP contribution in [0.25, 0.3) is 22.2 Å². The first-order valence-electron chi connectivity index (χ1n) is 8.50. The van der Waals surface area contributed by atoms with E-state index in [4.69, 9.17) is 14.1 Å². The highest BCUT2D eigenvalue weighted by Gasteiger charge is 2.17. The molecule has 0 unspecified atom stereocenters. The number of nitrogens with one attached hydrogen (secondary N) is 1. The molecule has 0 amide bonds. The Bertz CT molecular complexity index is 1080. The Morgan fingerprint density at radius 1 is 1.25 bits per heavy atom. The number of pyridine rings is 1.